The quantitative estimate of drug-likeness (QED) is 0.0843. The highest BCUT2D eigenvalue weighted by molar-refractivity contribution is 7.55. The first-order chi connectivity index (χ1) is 20.0. The molecule has 0 saturated heterocycles. The summed E-state index contributed by atoms with van der Waals surface area (Å²) in [6.45, 7) is 4.54. The molecule has 0 heterocycles. The van der Waals surface area contributed by atoms with Gasteiger partial charge in [-0.1, -0.05) is 168 Å². The lowest BCUT2D eigenvalue weighted by Crippen LogP contribution is -2.13. The van der Waals surface area contributed by atoms with Crippen molar-refractivity contribution in [3.63, 3.8) is 0 Å². The van der Waals surface area contributed by atoms with Crippen LogP contribution < -0.4 is 10.6 Å². The minimum absolute atomic E-state index is 0.401. The minimum Gasteiger partial charge on any atom is -0.166 e. The summed E-state index contributed by atoms with van der Waals surface area (Å²) in [6.07, 6.45) is 24.7. The minimum atomic E-state index is -4.28. The molecule has 41 heavy (non-hydrogen) atoms. The Kier molecular flexibility index (Phi) is 19.4. The van der Waals surface area contributed by atoms with Gasteiger partial charge in [0.05, 0.1) is 5.56 Å². The molecule has 0 bridgehead atoms. The van der Waals surface area contributed by atoms with Crippen molar-refractivity contribution in [1.82, 2.24) is 0 Å². The largest absolute Gasteiger partial charge is 0.416 e. The van der Waals surface area contributed by atoms with Crippen LogP contribution in [-0.2, 0) is 19.0 Å². The van der Waals surface area contributed by atoms with Crippen molar-refractivity contribution in [3.8, 4) is 0 Å². The first-order valence-corrected chi connectivity index (χ1v) is 18.0. The van der Waals surface area contributed by atoms with Gasteiger partial charge in [0.15, 0.2) is 0 Å². The van der Waals surface area contributed by atoms with E-state index in [9.17, 15) is 13.2 Å². The third kappa shape index (κ3) is 16.2. The SMILES string of the molecule is CCCCCCCCCCCCc1cccc(Pc2ccc(C(F)(F)F)cc2)c1CCCCCCCCCCCC. The summed E-state index contributed by atoms with van der Waals surface area (Å²) in [5.74, 6) is 0. The summed E-state index contributed by atoms with van der Waals surface area (Å²) in [5, 5.41) is 2.31. The predicted molar refractivity (Wildman–Crippen MR) is 177 cm³/mol. The highest BCUT2D eigenvalue weighted by Crippen LogP contribution is 2.29. The van der Waals surface area contributed by atoms with E-state index in [4.69, 9.17) is 0 Å². The van der Waals surface area contributed by atoms with E-state index in [-0.39, 0.29) is 0 Å². The Labute approximate surface area is 252 Å². The second-order valence-corrected chi connectivity index (χ2v) is 13.4. The summed E-state index contributed by atoms with van der Waals surface area (Å²) in [4.78, 5) is 0. The third-order valence-electron chi connectivity index (χ3n) is 8.34. The van der Waals surface area contributed by atoms with Crippen molar-refractivity contribution in [2.45, 2.75) is 161 Å². The lowest BCUT2D eigenvalue weighted by atomic mass is 9.96. The monoisotopic (exact) mass is 590 g/mol. The molecule has 2 aromatic carbocycles. The zero-order chi connectivity index (χ0) is 29.6. The molecule has 0 radical (unpaired) electrons. The Morgan fingerprint density at radius 1 is 0.512 bits per heavy atom. The molecule has 232 valence electrons. The zero-order valence-corrected chi connectivity index (χ0v) is 27.2. The molecular formula is C37H58F3P. The molecule has 0 amide bonds. The lowest BCUT2D eigenvalue weighted by molar-refractivity contribution is -0.137. The average molecular weight is 591 g/mol. The summed E-state index contributed by atoms with van der Waals surface area (Å²) in [7, 11) is 0.401. The highest BCUT2D eigenvalue weighted by Gasteiger charge is 2.29. The smallest absolute Gasteiger partial charge is 0.166 e. The van der Waals surface area contributed by atoms with Gasteiger partial charge in [-0.05, 0) is 59.6 Å². The molecule has 0 aliphatic carbocycles. The second kappa shape index (κ2) is 22.2. The number of unbranched alkanes of at least 4 members (excludes halogenated alkanes) is 18. The van der Waals surface area contributed by atoms with Crippen LogP contribution in [0.4, 0.5) is 13.2 Å². The summed E-state index contributed by atoms with van der Waals surface area (Å²) < 4.78 is 39.2. The van der Waals surface area contributed by atoms with Crippen LogP contribution in [0.2, 0.25) is 0 Å². The van der Waals surface area contributed by atoms with Gasteiger partial charge in [-0.25, -0.2) is 0 Å². The molecule has 0 nitrogen and oxygen atoms in total. The fourth-order valence-electron chi connectivity index (χ4n) is 5.77. The Hall–Kier alpha value is -1.34. The van der Waals surface area contributed by atoms with Crippen molar-refractivity contribution in [1.29, 1.82) is 0 Å². The number of hydrogen-bond donors (Lipinski definition) is 0. The molecule has 0 aromatic heterocycles. The van der Waals surface area contributed by atoms with Crippen molar-refractivity contribution in [3.05, 3.63) is 59.2 Å². The molecule has 0 saturated carbocycles. The van der Waals surface area contributed by atoms with Crippen LogP contribution in [0.1, 0.15) is 159 Å². The van der Waals surface area contributed by atoms with Gasteiger partial charge in [-0.2, -0.15) is 13.2 Å². The fraction of sp³-hybridized carbons (Fsp3) is 0.676. The van der Waals surface area contributed by atoms with Crippen LogP contribution >= 0.6 is 8.58 Å². The van der Waals surface area contributed by atoms with E-state index in [0.29, 0.717) is 8.58 Å². The van der Waals surface area contributed by atoms with Gasteiger partial charge < -0.3 is 0 Å². The van der Waals surface area contributed by atoms with Crippen LogP contribution in [0.3, 0.4) is 0 Å². The third-order valence-corrected chi connectivity index (χ3v) is 9.70. The van der Waals surface area contributed by atoms with E-state index >= 15 is 0 Å². The van der Waals surface area contributed by atoms with Gasteiger partial charge in [0, 0.05) is 0 Å². The van der Waals surface area contributed by atoms with Crippen LogP contribution in [0.5, 0.6) is 0 Å². The number of halogens is 3. The Morgan fingerprint density at radius 3 is 1.41 bits per heavy atom. The number of alkyl halides is 3. The first kappa shape index (κ1) is 35.9. The van der Waals surface area contributed by atoms with E-state index < -0.39 is 11.7 Å². The topological polar surface area (TPSA) is 0 Å². The second-order valence-electron chi connectivity index (χ2n) is 12.0. The first-order valence-electron chi connectivity index (χ1n) is 17.0. The standard InChI is InChI=1S/C37H58F3P/c1-3-5-7-9-11-13-15-17-19-21-24-32-25-23-27-36(41-34-30-28-33(29-31-34)37(38,39)40)35(32)26-22-20-18-16-14-12-10-8-6-4-2/h23,25,27-31,41H,3-22,24,26H2,1-2H3. The Morgan fingerprint density at radius 2 is 0.951 bits per heavy atom. The van der Waals surface area contributed by atoms with Crippen molar-refractivity contribution in [2.24, 2.45) is 0 Å². The molecule has 2 aromatic rings. The normalized spacial score (nSPS) is 12.1. The molecule has 0 N–H and O–H groups in total. The van der Waals surface area contributed by atoms with Crippen LogP contribution in [0.15, 0.2) is 42.5 Å². The summed E-state index contributed by atoms with van der Waals surface area (Å²) in [5.41, 5.74) is 2.38. The van der Waals surface area contributed by atoms with Gasteiger partial charge in [-0.15, -0.1) is 0 Å². The zero-order valence-electron chi connectivity index (χ0n) is 26.2. The number of rotatable bonds is 24. The van der Waals surface area contributed by atoms with E-state index in [0.717, 1.165) is 18.1 Å². The Bertz CT molecular complexity index is 903. The van der Waals surface area contributed by atoms with Crippen molar-refractivity contribution in [2.75, 3.05) is 0 Å². The fourth-order valence-corrected chi connectivity index (χ4v) is 7.03. The molecular weight excluding hydrogens is 532 g/mol. The number of hydrogen-bond acceptors (Lipinski definition) is 0. The predicted octanol–water partition coefficient (Wildman–Crippen LogP) is 12.3. The molecule has 4 heteroatoms. The van der Waals surface area contributed by atoms with Crippen molar-refractivity contribution >= 4 is 19.2 Å². The van der Waals surface area contributed by atoms with Gasteiger partial charge in [-0.3, -0.25) is 0 Å². The van der Waals surface area contributed by atoms with Crippen LogP contribution in [0.25, 0.3) is 0 Å². The highest BCUT2D eigenvalue weighted by atomic mass is 31.1. The summed E-state index contributed by atoms with van der Waals surface area (Å²) >= 11 is 0. The molecule has 0 spiro atoms. The van der Waals surface area contributed by atoms with Gasteiger partial charge in [0.2, 0.25) is 0 Å². The van der Waals surface area contributed by atoms with E-state index in [1.54, 1.807) is 12.1 Å². The van der Waals surface area contributed by atoms with E-state index in [1.807, 2.05) is 0 Å². The van der Waals surface area contributed by atoms with Gasteiger partial charge >= 0.3 is 6.18 Å². The molecule has 2 rings (SSSR count). The van der Waals surface area contributed by atoms with Crippen molar-refractivity contribution < 1.29 is 13.2 Å². The van der Waals surface area contributed by atoms with Crippen LogP contribution in [-0.4, -0.2) is 0 Å². The van der Waals surface area contributed by atoms with Gasteiger partial charge in [0.25, 0.3) is 0 Å². The molecule has 0 aliphatic rings. The summed E-state index contributed by atoms with van der Waals surface area (Å²) in [6, 6.07) is 12.5. The van der Waals surface area contributed by atoms with Gasteiger partial charge in [0.1, 0.15) is 0 Å². The maximum atomic E-state index is 13.1. The van der Waals surface area contributed by atoms with E-state index in [1.165, 1.54) is 157 Å². The van der Waals surface area contributed by atoms with E-state index in [2.05, 4.69) is 32.0 Å². The maximum Gasteiger partial charge on any atom is 0.416 e. The van der Waals surface area contributed by atoms with Crippen LogP contribution in [0, 0.1) is 0 Å². The molecule has 1 unspecified atom stereocenters. The average Bonchev–Trinajstić information content (AvgIpc) is 2.96. The number of benzene rings is 2. The Balaban J connectivity index is 1.89. The molecule has 0 aliphatic heterocycles. The molecule has 0 fully saturated rings. The number of aryl methyl sites for hydroxylation is 1. The lowest BCUT2D eigenvalue weighted by Gasteiger charge is -2.16. The maximum absolute atomic E-state index is 13.1. The molecule has 1 atom stereocenters.